The first-order chi connectivity index (χ1) is 11.3. The third-order valence-electron chi connectivity index (χ3n) is 4.13. The van der Waals surface area contributed by atoms with Crippen LogP contribution in [0, 0.1) is 5.92 Å². The molecule has 0 radical (unpaired) electrons. The van der Waals surface area contributed by atoms with Crippen LogP contribution in [0.15, 0.2) is 18.2 Å². The Morgan fingerprint density at radius 2 is 1.88 bits per heavy atom. The van der Waals surface area contributed by atoms with Crippen molar-refractivity contribution >= 4 is 11.9 Å². The summed E-state index contributed by atoms with van der Waals surface area (Å²) >= 11 is 0. The van der Waals surface area contributed by atoms with Crippen molar-refractivity contribution in [2.24, 2.45) is 5.92 Å². The van der Waals surface area contributed by atoms with Crippen molar-refractivity contribution in [2.75, 3.05) is 13.1 Å². The van der Waals surface area contributed by atoms with E-state index in [1.807, 2.05) is 0 Å². The van der Waals surface area contributed by atoms with E-state index in [2.05, 4.69) is 10.6 Å². The highest BCUT2D eigenvalue weighted by atomic mass is 19.4. The number of hydrogen-bond donors (Lipinski definition) is 3. The number of amides is 1. The molecule has 132 valence electrons. The molecule has 0 atom stereocenters. The maximum Gasteiger partial charge on any atom is 0.416 e. The molecule has 24 heavy (non-hydrogen) atoms. The molecule has 1 aromatic rings. The van der Waals surface area contributed by atoms with Crippen LogP contribution in [-0.2, 0) is 28.7 Å². The Morgan fingerprint density at radius 1 is 1.21 bits per heavy atom. The first-order valence-electron chi connectivity index (χ1n) is 7.68. The Balaban J connectivity index is 2.20. The van der Waals surface area contributed by atoms with Gasteiger partial charge in [-0.25, -0.2) is 4.79 Å². The van der Waals surface area contributed by atoms with Gasteiger partial charge in [-0.05, 0) is 61.5 Å². The highest BCUT2D eigenvalue weighted by Gasteiger charge is 2.31. The van der Waals surface area contributed by atoms with Gasteiger partial charge < -0.3 is 15.7 Å². The summed E-state index contributed by atoms with van der Waals surface area (Å²) < 4.78 is 38.8. The number of rotatable bonds is 4. The van der Waals surface area contributed by atoms with Crippen LogP contribution < -0.4 is 10.6 Å². The van der Waals surface area contributed by atoms with E-state index in [1.54, 1.807) is 0 Å². The van der Waals surface area contributed by atoms with Crippen molar-refractivity contribution in [3.63, 3.8) is 0 Å². The monoisotopic (exact) mass is 344 g/mol. The van der Waals surface area contributed by atoms with Gasteiger partial charge in [-0.15, -0.1) is 0 Å². The molecule has 0 spiro atoms. The van der Waals surface area contributed by atoms with Crippen molar-refractivity contribution in [3.05, 3.63) is 34.9 Å². The van der Waals surface area contributed by atoms with Gasteiger partial charge in [-0.2, -0.15) is 13.2 Å². The van der Waals surface area contributed by atoms with E-state index >= 15 is 0 Å². The number of carbonyl (C=O) groups excluding carboxylic acids is 1. The van der Waals surface area contributed by atoms with E-state index in [4.69, 9.17) is 5.11 Å². The molecule has 1 fully saturated rings. The summed E-state index contributed by atoms with van der Waals surface area (Å²) in [5, 5.41) is 14.0. The molecule has 1 amide bonds. The topological polar surface area (TPSA) is 78.4 Å². The molecule has 1 aliphatic heterocycles. The minimum absolute atomic E-state index is 0.108. The fourth-order valence-corrected chi connectivity index (χ4v) is 2.81. The predicted molar refractivity (Wildman–Crippen MR) is 80.2 cm³/mol. The number of hydrogen-bond acceptors (Lipinski definition) is 3. The summed E-state index contributed by atoms with van der Waals surface area (Å²) in [6, 6.07) is 3.36. The quantitative estimate of drug-likeness (QED) is 0.730. The lowest BCUT2D eigenvalue weighted by Gasteiger charge is -2.24. The summed E-state index contributed by atoms with van der Waals surface area (Å²) in [7, 11) is 0. The van der Waals surface area contributed by atoms with Crippen molar-refractivity contribution in [1.29, 1.82) is 0 Å². The lowest BCUT2D eigenvalue weighted by molar-refractivity contribution is -0.150. The largest absolute Gasteiger partial charge is 0.474 e. The third-order valence-corrected chi connectivity index (χ3v) is 4.13. The summed E-state index contributed by atoms with van der Waals surface area (Å²) in [6.07, 6.45) is -2.22. The van der Waals surface area contributed by atoms with Crippen LogP contribution in [0.25, 0.3) is 0 Å². The van der Waals surface area contributed by atoms with Gasteiger partial charge in [0.15, 0.2) is 0 Å². The number of halogens is 3. The number of carbonyl (C=O) groups is 2. The fraction of sp³-hybridized carbons (Fsp3) is 0.500. The third kappa shape index (κ3) is 4.95. The molecule has 1 aromatic carbocycles. The standard InChI is InChI=1S/C16H19F3N2O3/c17-16(18,19)13-2-1-11(9-21-14(22)15(23)24)12(8-13)7-10-3-5-20-6-4-10/h1-2,8,10,20H,3-7,9H2,(H,21,22)(H,23,24). The zero-order chi connectivity index (χ0) is 17.7. The minimum Gasteiger partial charge on any atom is -0.474 e. The summed E-state index contributed by atoms with van der Waals surface area (Å²) in [6.45, 7) is 1.55. The zero-order valence-corrected chi connectivity index (χ0v) is 12.9. The first-order valence-corrected chi connectivity index (χ1v) is 7.68. The van der Waals surface area contributed by atoms with Crippen LogP contribution in [0.4, 0.5) is 13.2 Å². The second-order valence-electron chi connectivity index (χ2n) is 5.87. The van der Waals surface area contributed by atoms with Gasteiger partial charge in [0.05, 0.1) is 5.56 Å². The molecule has 8 heteroatoms. The predicted octanol–water partition coefficient (Wildman–Crippen LogP) is 1.95. The molecule has 5 nitrogen and oxygen atoms in total. The van der Waals surface area contributed by atoms with Gasteiger partial charge in [-0.1, -0.05) is 6.07 Å². The number of carboxylic acids is 1. The van der Waals surface area contributed by atoms with Crippen LogP contribution in [0.1, 0.15) is 29.5 Å². The van der Waals surface area contributed by atoms with Crippen LogP contribution in [0.2, 0.25) is 0 Å². The number of benzene rings is 1. The number of aliphatic carboxylic acids is 1. The highest BCUT2D eigenvalue weighted by molar-refractivity contribution is 6.31. The molecule has 0 saturated carbocycles. The van der Waals surface area contributed by atoms with Crippen molar-refractivity contribution in [3.8, 4) is 0 Å². The molecule has 1 aliphatic rings. The molecular weight excluding hydrogens is 325 g/mol. The molecule has 2 rings (SSSR count). The van der Waals surface area contributed by atoms with Gasteiger partial charge in [0.2, 0.25) is 0 Å². The Morgan fingerprint density at radius 3 is 2.46 bits per heavy atom. The highest BCUT2D eigenvalue weighted by Crippen LogP contribution is 2.32. The zero-order valence-electron chi connectivity index (χ0n) is 12.9. The van der Waals surface area contributed by atoms with Crippen molar-refractivity contribution < 1.29 is 27.9 Å². The molecule has 0 bridgehead atoms. The van der Waals surface area contributed by atoms with E-state index in [0.29, 0.717) is 17.5 Å². The van der Waals surface area contributed by atoms with Crippen molar-refractivity contribution in [2.45, 2.75) is 32.0 Å². The molecular formula is C16H19F3N2O3. The maximum absolute atomic E-state index is 12.9. The Labute approximate surface area is 137 Å². The van der Waals surface area contributed by atoms with E-state index in [0.717, 1.165) is 38.1 Å². The van der Waals surface area contributed by atoms with Crippen LogP contribution >= 0.6 is 0 Å². The fourth-order valence-electron chi connectivity index (χ4n) is 2.81. The molecule has 0 unspecified atom stereocenters. The second-order valence-corrected chi connectivity index (χ2v) is 5.87. The number of piperidine rings is 1. The normalized spacial score (nSPS) is 16.0. The average Bonchev–Trinajstić information content (AvgIpc) is 2.53. The first kappa shape index (κ1) is 18.3. The van der Waals surface area contributed by atoms with E-state index in [9.17, 15) is 22.8 Å². The average molecular weight is 344 g/mol. The van der Waals surface area contributed by atoms with Crippen LogP contribution in [0.3, 0.4) is 0 Å². The van der Waals surface area contributed by atoms with E-state index < -0.39 is 23.6 Å². The minimum atomic E-state index is -4.44. The molecule has 3 N–H and O–H groups in total. The number of alkyl halides is 3. The summed E-state index contributed by atoms with van der Waals surface area (Å²) in [5.74, 6) is -2.53. The van der Waals surface area contributed by atoms with Gasteiger partial charge in [-0.3, -0.25) is 4.79 Å². The summed E-state index contributed by atoms with van der Waals surface area (Å²) in [5.41, 5.74) is 0.276. The van der Waals surface area contributed by atoms with Gasteiger partial charge in [0.25, 0.3) is 0 Å². The van der Waals surface area contributed by atoms with Crippen LogP contribution in [0.5, 0.6) is 0 Å². The Bertz CT molecular complexity index is 611. The molecule has 0 aliphatic carbocycles. The molecule has 0 aromatic heterocycles. The van der Waals surface area contributed by atoms with E-state index in [1.165, 1.54) is 6.07 Å². The van der Waals surface area contributed by atoms with Crippen molar-refractivity contribution in [1.82, 2.24) is 10.6 Å². The number of carboxylic acid groups (broad SMARTS) is 1. The van der Waals surface area contributed by atoms with Gasteiger partial charge in [0, 0.05) is 6.54 Å². The Hall–Kier alpha value is -2.09. The van der Waals surface area contributed by atoms with E-state index in [-0.39, 0.29) is 12.5 Å². The van der Waals surface area contributed by atoms with Gasteiger partial charge >= 0.3 is 18.1 Å². The van der Waals surface area contributed by atoms with Gasteiger partial charge in [0.1, 0.15) is 0 Å². The SMILES string of the molecule is O=C(O)C(=O)NCc1ccc(C(F)(F)F)cc1CC1CCNCC1. The number of nitrogens with one attached hydrogen (secondary N) is 2. The second kappa shape index (κ2) is 7.65. The smallest absolute Gasteiger partial charge is 0.416 e. The lowest BCUT2D eigenvalue weighted by atomic mass is 9.88. The lowest BCUT2D eigenvalue weighted by Crippen LogP contribution is -2.31. The maximum atomic E-state index is 12.9. The summed E-state index contributed by atoms with van der Waals surface area (Å²) in [4.78, 5) is 21.7. The molecule has 1 saturated heterocycles. The van der Waals surface area contributed by atoms with Crippen LogP contribution in [-0.4, -0.2) is 30.1 Å². The Kier molecular flexibility index (Phi) is 5.82. The molecule has 1 heterocycles.